The number of hydrogen-bond donors (Lipinski definition) is 0. The molecular formula is C11H15O4-. The molecule has 1 aliphatic carbocycles. The first kappa shape index (κ1) is 11.8. The second-order valence-electron chi connectivity index (χ2n) is 4.05. The summed E-state index contributed by atoms with van der Waals surface area (Å²) in [5.41, 5.74) is 1.02. The van der Waals surface area contributed by atoms with Crippen molar-refractivity contribution in [1.82, 2.24) is 0 Å². The van der Waals surface area contributed by atoms with E-state index >= 15 is 0 Å². The molecule has 0 heterocycles. The normalized spacial score (nSPS) is 30.6. The molecule has 4 nitrogen and oxygen atoms in total. The first-order valence-corrected chi connectivity index (χ1v) is 4.93. The summed E-state index contributed by atoms with van der Waals surface area (Å²) < 4.78 is 4.61. The highest BCUT2D eigenvalue weighted by Crippen LogP contribution is 2.34. The maximum absolute atomic E-state index is 11.4. The highest BCUT2D eigenvalue weighted by molar-refractivity contribution is 5.81. The van der Waals surface area contributed by atoms with Crippen molar-refractivity contribution in [2.24, 2.45) is 17.8 Å². The van der Waals surface area contributed by atoms with Crippen LogP contribution in [0.4, 0.5) is 0 Å². The molecule has 0 spiro atoms. The maximum atomic E-state index is 11.4. The molecule has 0 saturated carbocycles. The number of aliphatic carboxylic acids is 1. The van der Waals surface area contributed by atoms with Crippen LogP contribution in [-0.4, -0.2) is 19.0 Å². The zero-order valence-electron chi connectivity index (χ0n) is 9.15. The van der Waals surface area contributed by atoms with Crippen molar-refractivity contribution in [3.63, 3.8) is 0 Å². The van der Waals surface area contributed by atoms with Gasteiger partial charge in [-0.15, -0.1) is 0 Å². The van der Waals surface area contributed by atoms with Gasteiger partial charge in [0.15, 0.2) is 0 Å². The molecule has 1 aliphatic rings. The Morgan fingerprint density at radius 1 is 1.53 bits per heavy atom. The number of ether oxygens (including phenoxy) is 1. The van der Waals surface area contributed by atoms with E-state index in [0.717, 1.165) is 5.57 Å². The molecule has 4 heteroatoms. The topological polar surface area (TPSA) is 66.4 Å². The summed E-state index contributed by atoms with van der Waals surface area (Å²) in [4.78, 5) is 22.4. The number of carbonyl (C=O) groups is 2. The molecule has 1 rings (SSSR count). The van der Waals surface area contributed by atoms with Gasteiger partial charge in [-0.05, 0) is 19.3 Å². The zero-order valence-corrected chi connectivity index (χ0v) is 9.15. The minimum absolute atomic E-state index is 0.187. The Morgan fingerprint density at radius 3 is 2.60 bits per heavy atom. The molecule has 15 heavy (non-hydrogen) atoms. The predicted molar refractivity (Wildman–Crippen MR) is 51.5 cm³/mol. The minimum Gasteiger partial charge on any atom is -0.550 e. The number of esters is 1. The molecule has 0 aromatic heterocycles. The fourth-order valence-corrected chi connectivity index (χ4v) is 2.22. The van der Waals surface area contributed by atoms with E-state index in [0.29, 0.717) is 6.42 Å². The lowest BCUT2D eigenvalue weighted by Gasteiger charge is -2.33. The number of rotatable bonds is 2. The Bertz CT molecular complexity index is 306. The van der Waals surface area contributed by atoms with Crippen molar-refractivity contribution in [3.8, 4) is 0 Å². The van der Waals surface area contributed by atoms with E-state index in [1.165, 1.54) is 7.11 Å². The van der Waals surface area contributed by atoms with Crippen LogP contribution in [0.25, 0.3) is 0 Å². The van der Waals surface area contributed by atoms with Crippen molar-refractivity contribution in [3.05, 3.63) is 11.6 Å². The molecule has 0 aromatic carbocycles. The fourth-order valence-electron chi connectivity index (χ4n) is 2.22. The lowest BCUT2D eigenvalue weighted by Crippen LogP contribution is -2.44. The smallest absolute Gasteiger partial charge is 0.309 e. The molecular weight excluding hydrogens is 196 g/mol. The summed E-state index contributed by atoms with van der Waals surface area (Å²) >= 11 is 0. The molecule has 0 radical (unpaired) electrons. The van der Waals surface area contributed by atoms with Gasteiger partial charge in [0.1, 0.15) is 0 Å². The number of carboxylic acid groups (broad SMARTS) is 1. The molecule has 84 valence electrons. The Morgan fingerprint density at radius 2 is 2.13 bits per heavy atom. The van der Waals surface area contributed by atoms with Gasteiger partial charge in [0.25, 0.3) is 0 Å². The van der Waals surface area contributed by atoms with Crippen molar-refractivity contribution in [2.45, 2.75) is 20.3 Å². The van der Waals surface area contributed by atoms with Crippen LogP contribution in [-0.2, 0) is 14.3 Å². The van der Waals surface area contributed by atoms with Crippen molar-refractivity contribution >= 4 is 11.9 Å². The Labute approximate surface area is 88.9 Å². The number of carbonyl (C=O) groups excluding carboxylic acids is 2. The van der Waals surface area contributed by atoms with Crippen LogP contribution >= 0.6 is 0 Å². The highest BCUT2D eigenvalue weighted by Gasteiger charge is 2.36. The van der Waals surface area contributed by atoms with Crippen LogP contribution in [0.3, 0.4) is 0 Å². The first-order chi connectivity index (χ1) is 6.97. The van der Waals surface area contributed by atoms with Gasteiger partial charge in [0, 0.05) is 11.9 Å². The third-order valence-corrected chi connectivity index (χ3v) is 2.87. The van der Waals surface area contributed by atoms with Crippen molar-refractivity contribution in [1.29, 1.82) is 0 Å². The summed E-state index contributed by atoms with van der Waals surface area (Å²) in [6.45, 7) is 3.66. The zero-order chi connectivity index (χ0) is 11.6. The minimum atomic E-state index is -1.18. The van der Waals surface area contributed by atoms with E-state index in [-0.39, 0.29) is 5.92 Å². The average Bonchev–Trinajstić information content (AvgIpc) is 2.14. The number of hydrogen-bond acceptors (Lipinski definition) is 4. The monoisotopic (exact) mass is 211 g/mol. The molecule has 0 fully saturated rings. The molecule has 3 atom stereocenters. The van der Waals surface area contributed by atoms with Crippen molar-refractivity contribution in [2.75, 3.05) is 7.11 Å². The third kappa shape index (κ3) is 2.37. The molecule has 0 saturated heterocycles. The van der Waals surface area contributed by atoms with Gasteiger partial charge in [-0.3, -0.25) is 4.79 Å². The largest absolute Gasteiger partial charge is 0.550 e. The third-order valence-electron chi connectivity index (χ3n) is 2.87. The van der Waals surface area contributed by atoms with E-state index in [4.69, 9.17) is 0 Å². The van der Waals surface area contributed by atoms with Gasteiger partial charge in [0.05, 0.1) is 13.0 Å². The van der Waals surface area contributed by atoms with E-state index in [1.807, 2.05) is 13.0 Å². The summed E-state index contributed by atoms with van der Waals surface area (Å²) in [5, 5.41) is 11.0. The summed E-state index contributed by atoms with van der Waals surface area (Å²) in [6, 6.07) is 0. The molecule has 0 N–H and O–H groups in total. The van der Waals surface area contributed by atoms with Gasteiger partial charge in [-0.2, -0.15) is 0 Å². The van der Waals surface area contributed by atoms with E-state index in [1.54, 1.807) is 6.92 Å². The number of methoxy groups -OCH3 is 1. The second-order valence-corrected chi connectivity index (χ2v) is 4.05. The van der Waals surface area contributed by atoms with Crippen LogP contribution in [0.15, 0.2) is 11.6 Å². The second kappa shape index (κ2) is 4.47. The Kier molecular flexibility index (Phi) is 3.50. The van der Waals surface area contributed by atoms with E-state index in [9.17, 15) is 14.7 Å². The Balaban J connectivity index is 2.97. The lowest BCUT2D eigenvalue weighted by molar-refractivity contribution is -0.314. The van der Waals surface area contributed by atoms with Crippen LogP contribution in [0.2, 0.25) is 0 Å². The quantitative estimate of drug-likeness (QED) is 0.481. The SMILES string of the molecule is COC(=O)[C@H]1CC(C)=C[C@H](C)[C@H]1C(=O)[O-]. The summed E-state index contributed by atoms with van der Waals surface area (Å²) in [7, 11) is 1.27. The number of carboxylic acids is 1. The molecule has 0 aliphatic heterocycles. The molecule has 0 aromatic rings. The Hall–Kier alpha value is -1.32. The van der Waals surface area contributed by atoms with Gasteiger partial charge >= 0.3 is 5.97 Å². The van der Waals surface area contributed by atoms with Crippen molar-refractivity contribution < 1.29 is 19.4 Å². The molecule has 0 unspecified atom stereocenters. The van der Waals surface area contributed by atoms with Crippen LogP contribution in [0.5, 0.6) is 0 Å². The van der Waals surface area contributed by atoms with Crippen LogP contribution in [0, 0.1) is 17.8 Å². The number of allylic oxidation sites excluding steroid dienone is 2. The lowest BCUT2D eigenvalue weighted by atomic mass is 9.74. The van der Waals surface area contributed by atoms with Gasteiger partial charge < -0.3 is 14.6 Å². The molecule has 0 amide bonds. The van der Waals surface area contributed by atoms with Gasteiger partial charge in [0.2, 0.25) is 0 Å². The standard InChI is InChI=1S/C11H16O4/c1-6-4-7(2)9(10(12)13)8(5-6)11(14)15-3/h4,7-9H,5H2,1-3H3,(H,12,13)/p-1/t7-,8-,9+/m0/s1. The van der Waals surface area contributed by atoms with Gasteiger partial charge in [-0.25, -0.2) is 0 Å². The molecule has 0 bridgehead atoms. The van der Waals surface area contributed by atoms with E-state index in [2.05, 4.69) is 4.74 Å². The van der Waals surface area contributed by atoms with Crippen LogP contribution in [0.1, 0.15) is 20.3 Å². The highest BCUT2D eigenvalue weighted by atomic mass is 16.5. The van der Waals surface area contributed by atoms with E-state index < -0.39 is 23.8 Å². The summed E-state index contributed by atoms with van der Waals surface area (Å²) in [5.74, 6) is -3.22. The van der Waals surface area contributed by atoms with Crippen LogP contribution < -0.4 is 5.11 Å². The van der Waals surface area contributed by atoms with Gasteiger partial charge in [-0.1, -0.05) is 18.6 Å². The summed E-state index contributed by atoms with van der Waals surface area (Å²) in [6.07, 6.45) is 2.32. The predicted octanol–water partition coefficient (Wildman–Crippen LogP) is 0.128. The average molecular weight is 211 g/mol. The fraction of sp³-hybridized carbons (Fsp3) is 0.636. The maximum Gasteiger partial charge on any atom is 0.309 e. The first-order valence-electron chi connectivity index (χ1n) is 4.93.